The molecule has 1 saturated carbocycles. The zero-order chi connectivity index (χ0) is 11.8. The van der Waals surface area contributed by atoms with Crippen LogP contribution in [0.5, 0.6) is 0 Å². The molecule has 0 spiro atoms. The van der Waals surface area contributed by atoms with Crippen LogP contribution in [0.1, 0.15) is 39.5 Å². The van der Waals surface area contributed by atoms with Crippen molar-refractivity contribution in [3.8, 4) is 0 Å². The van der Waals surface area contributed by atoms with Crippen molar-refractivity contribution in [3.05, 3.63) is 0 Å². The molecule has 2 atom stereocenters. The van der Waals surface area contributed by atoms with E-state index in [0.717, 1.165) is 12.2 Å². The number of hydrogen-bond acceptors (Lipinski definition) is 3. The fourth-order valence-corrected chi connectivity index (χ4v) is 3.32. The van der Waals surface area contributed by atoms with Crippen LogP contribution >= 0.6 is 11.8 Å². The van der Waals surface area contributed by atoms with Crippen molar-refractivity contribution < 1.29 is 9.53 Å². The minimum atomic E-state index is 0.0375. The van der Waals surface area contributed by atoms with E-state index in [1.165, 1.54) is 19.3 Å². The molecular weight excluding hydrogens is 222 g/mol. The standard InChI is InChI=1S/C12H23NO2S/c1-3-15-9-12(14)13-10-7-5-6-8-11(10)16-4-2/h10-11H,3-9H2,1-2H3,(H,13,14)/t10-,11-/m1/s1. The van der Waals surface area contributed by atoms with Crippen LogP contribution in [-0.2, 0) is 9.53 Å². The van der Waals surface area contributed by atoms with Crippen molar-refractivity contribution in [2.45, 2.75) is 50.8 Å². The van der Waals surface area contributed by atoms with Crippen molar-refractivity contribution in [1.82, 2.24) is 5.32 Å². The second-order valence-corrected chi connectivity index (χ2v) is 5.61. The van der Waals surface area contributed by atoms with E-state index in [2.05, 4.69) is 12.2 Å². The van der Waals surface area contributed by atoms with Gasteiger partial charge in [-0.25, -0.2) is 0 Å². The van der Waals surface area contributed by atoms with Crippen LogP contribution in [-0.4, -0.2) is 36.2 Å². The van der Waals surface area contributed by atoms with E-state index in [1.54, 1.807) is 0 Å². The number of carbonyl (C=O) groups excluding carboxylic acids is 1. The lowest BCUT2D eigenvalue weighted by atomic mass is 9.95. The number of thioether (sulfide) groups is 1. The zero-order valence-electron chi connectivity index (χ0n) is 10.3. The molecular formula is C12H23NO2S. The highest BCUT2D eigenvalue weighted by atomic mass is 32.2. The van der Waals surface area contributed by atoms with E-state index in [1.807, 2.05) is 18.7 Å². The number of ether oxygens (including phenoxy) is 1. The van der Waals surface area contributed by atoms with E-state index in [0.29, 0.717) is 17.9 Å². The van der Waals surface area contributed by atoms with Crippen molar-refractivity contribution in [1.29, 1.82) is 0 Å². The second kappa shape index (κ2) is 7.96. The summed E-state index contributed by atoms with van der Waals surface area (Å²) in [5.74, 6) is 1.16. The lowest BCUT2D eigenvalue weighted by Gasteiger charge is -2.31. The highest BCUT2D eigenvalue weighted by Crippen LogP contribution is 2.28. The molecule has 4 heteroatoms. The molecule has 0 radical (unpaired) electrons. The third-order valence-corrected chi connectivity index (χ3v) is 4.19. The summed E-state index contributed by atoms with van der Waals surface area (Å²) in [5.41, 5.74) is 0. The summed E-state index contributed by atoms with van der Waals surface area (Å²) < 4.78 is 5.11. The van der Waals surface area contributed by atoms with Gasteiger partial charge in [0.05, 0.1) is 0 Å². The number of carbonyl (C=O) groups is 1. The van der Waals surface area contributed by atoms with Gasteiger partial charge in [-0.1, -0.05) is 19.8 Å². The lowest BCUT2D eigenvalue weighted by molar-refractivity contribution is -0.126. The van der Waals surface area contributed by atoms with E-state index in [-0.39, 0.29) is 12.5 Å². The van der Waals surface area contributed by atoms with Crippen LogP contribution in [0.25, 0.3) is 0 Å². The normalized spacial score (nSPS) is 25.4. The first kappa shape index (κ1) is 13.8. The summed E-state index contributed by atoms with van der Waals surface area (Å²) in [5, 5.41) is 3.71. The van der Waals surface area contributed by atoms with Gasteiger partial charge in [0.15, 0.2) is 0 Å². The molecule has 0 saturated heterocycles. The summed E-state index contributed by atoms with van der Waals surface area (Å²) in [6.45, 7) is 4.89. The van der Waals surface area contributed by atoms with Gasteiger partial charge in [0.2, 0.25) is 5.91 Å². The first-order valence-electron chi connectivity index (χ1n) is 6.26. The molecule has 1 fully saturated rings. The summed E-state index contributed by atoms with van der Waals surface area (Å²) in [6, 6.07) is 0.353. The van der Waals surface area contributed by atoms with Gasteiger partial charge in [-0.05, 0) is 25.5 Å². The van der Waals surface area contributed by atoms with Gasteiger partial charge in [-0.3, -0.25) is 4.79 Å². The Hall–Kier alpha value is -0.220. The highest BCUT2D eigenvalue weighted by Gasteiger charge is 2.26. The maximum Gasteiger partial charge on any atom is 0.246 e. The van der Waals surface area contributed by atoms with Crippen LogP contribution in [0.15, 0.2) is 0 Å². The summed E-state index contributed by atoms with van der Waals surface area (Å²) in [6.07, 6.45) is 4.89. The van der Waals surface area contributed by atoms with Gasteiger partial charge >= 0.3 is 0 Å². The predicted molar refractivity (Wildman–Crippen MR) is 68.8 cm³/mol. The van der Waals surface area contributed by atoms with Gasteiger partial charge in [-0.2, -0.15) is 11.8 Å². The average molecular weight is 245 g/mol. The van der Waals surface area contributed by atoms with Crippen molar-refractivity contribution in [2.75, 3.05) is 19.0 Å². The van der Waals surface area contributed by atoms with Crippen LogP contribution in [0.2, 0.25) is 0 Å². The molecule has 1 N–H and O–H groups in total. The van der Waals surface area contributed by atoms with Gasteiger partial charge in [0.25, 0.3) is 0 Å². The highest BCUT2D eigenvalue weighted by molar-refractivity contribution is 7.99. The smallest absolute Gasteiger partial charge is 0.246 e. The molecule has 0 unspecified atom stereocenters. The number of rotatable bonds is 6. The summed E-state index contributed by atoms with van der Waals surface area (Å²) >= 11 is 1.97. The Labute approximate surface area is 103 Å². The van der Waals surface area contributed by atoms with E-state index < -0.39 is 0 Å². The third-order valence-electron chi connectivity index (χ3n) is 2.87. The Balaban J connectivity index is 2.33. The fraction of sp³-hybridized carbons (Fsp3) is 0.917. The summed E-state index contributed by atoms with van der Waals surface area (Å²) in [7, 11) is 0. The molecule has 0 aromatic rings. The molecule has 1 amide bonds. The van der Waals surface area contributed by atoms with E-state index >= 15 is 0 Å². The topological polar surface area (TPSA) is 38.3 Å². The lowest BCUT2D eigenvalue weighted by Crippen LogP contribution is -2.45. The maximum absolute atomic E-state index is 11.6. The minimum absolute atomic E-state index is 0.0375. The molecule has 0 aromatic heterocycles. The van der Waals surface area contributed by atoms with Crippen molar-refractivity contribution in [2.24, 2.45) is 0 Å². The number of nitrogens with one attached hydrogen (secondary N) is 1. The number of hydrogen-bond donors (Lipinski definition) is 1. The fourth-order valence-electron chi connectivity index (χ4n) is 2.12. The Morgan fingerprint density at radius 3 is 2.81 bits per heavy atom. The first-order chi connectivity index (χ1) is 7.77. The van der Waals surface area contributed by atoms with Crippen molar-refractivity contribution >= 4 is 17.7 Å². The predicted octanol–water partition coefficient (Wildman–Crippen LogP) is 2.20. The quantitative estimate of drug-likeness (QED) is 0.779. The largest absolute Gasteiger partial charge is 0.372 e. The van der Waals surface area contributed by atoms with Gasteiger partial charge < -0.3 is 10.1 Å². The molecule has 0 aromatic carbocycles. The van der Waals surface area contributed by atoms with E-state index in [9.17, 15) is 4.79 Å². The van der Waals surface area contributed by atoms with E-state index in [4.69, 9.17) is 4.74 Å². The summed E-state index contributed by atoms with van der Waals surface area (Å²) in [4.78, 5) is 11.6. The number of amides is 1. The van der Waals surface area contributed by atoms with Crippen LogP contribution < -0.4 is 5.32 Å². The molecule has 0 aliphatic heterocycles. The molecule has 0 heterocycles. The molecule has 94 valence electrons. The van der Waals surface area contributed by atoms with Gasteiger partial charge in [0.1, 0.15) is 6.61 Å². The monoisotopic (exact) mass is 245 g/mol. The minimum Gasteiger partial charge on any atom is -0.372 e. The maximum atomic E-state index is 11.6. The second-order valence-electron chi connectivity index (χ2n) is 4.09. The van der Waals surface area contributed by atoms with Crippen molar-refractivity contribution in [3.63, 3.8) is 0 Å². The molecule has 1 aliphatic rings. The zero-order valence-corrected chi connectivity index (χ0v) is 11.1. The first-order valence-corrected chi connectivity index (χ1v) is 7.31. The third kappa shape index (κ3) is 4.74. The van der Waals surface area contributed by atoms with Gasteiger partial charge in [0, 0.05) is 17.9 Å². The van der Waals surface area contributed by atoms with Gasteiger partial charge in [-0.15, -0.1) is 0 Å². The molecule has 1 rings (SSSR count). The molecule has 3 nitrogen and oxygen atoms in total. The Kier molecular flexibility index (Phi) is 6.88. The molecule has 0 bridgehead atoms. The Bertz CT molecular complexity index is 209. The van der Waals surface area contributed by atoms with Crippen LogP contribution in [0.4, 0.5) is 0 Å². The molecule has 1 aliphatic carbocycles. The Morgan fingerprint density at radius 1 is 1.38 bits per heavy atom. The average Bonchev–Trinajstić information content (AvgIpc) is 2.29. The Morgan fingerprint density at radius 2 is 2.12 bits per heavy atom. The van der Waals surface area contributed by atoms with Crippen LogP contribution in [0, 0.1) is 0 Å². The molecule has 16 heavy (non-hydrogen) atoms. The SMILES string of the molecule is CCOCC(=O)N[C@@H]1CCCC[C@H]1SCC. The van der Waals surface area contributed by atoms with Crippen LogP contribution in [0.3, 0.4) is 0 Å².